The topological polar surface area (TPSA) is 35.6 Å². The molecule has 0 saturated carbocycles. The molecule has 0 radical (unpaired) electrons. The quantitative estimate of drug-likeness (QED) is 0.871. The van der Waals surface area contributed by atoms with E-state index in [1.807, 2.05) is 6.92 Å². The third kappa shape index (κ3) is 3.41. The molecule has 0 bridgehead atoms. The van der Waals surface area contributed by atoms with Crippen molar-refractivity contribution in [2.75, 3.05) is 26.2 Å². The van der Waals surface area contributed by atoms with Crippen LogP contribution >= 0.6 is 0 Å². The molecule has 0 aromatic heterocycles. The van der Waals surface area contributed by atoms with Gasteiger partial charge in [0.1, 0.15) is 12.0 Å². The zero-order chi connectivity index (χ0) is 15.4. The largest absolute Gasteiger partial charge is 0.318 e. The standard InChI is InChI=1S/C16H24FN3O/c1-4-19(5-2)11-12(3)20-15(21)10-18-16(20)13-8-6-7-9-14(13)17/h6-9,12,16,18H,4-5,10-11H2,1-3H3. The van der Waals surface area contributed by atoms with Gasteiger partial charge >= 0.3 is 0 Å². The Kier molecular flexibility index (Phi) is 5.31. The minimum atomic E-state index is -0.371. The van der Waals surface area contributed by atoms with E-state index in [-0.39, 0.29) is 30.5 Å². The van der Waals surface area contributed by atoms with Gasteiger partial charge in [-0.2, -0.15) is 0 Å². The summed E-state index contributed by atoms with van der Waals surface area (Å²) < 4.78 is 14.0. The monoisotopic (exact) mass is 293 g/mol. The Hall–Kier alpha value is -1.46. The van der Waals surface area contributed by atoms with Gasteiger partial charge in [0.15, 0.2) is 0 Å². The summed E-state index contributed by atoms with van der Waals surface area (Å²) in [5.74, 6) is -0.243. The van der Waals surface area contributed by atoms with Crippen LogP contribution in [0, 0.1) is 5.82 Å². The molecule has 2 atom stereocenters. The number of carbonyl (C=O) groups excluding carboxylic acids is 1. The minimum Gasteiger partial charge on any atom is -0.318 e. The lowest BCUT2D eigenvalue weighted by Gasteiger charge is -2.34. The Balaban J connectivity index is 2.19. The van der Waals surface area contributed by atoms with Gasteiger partial charge in [-0.1, -0.05) is 32.0 Å². The molecule has 1 N–H and O–H groups in total. The molecule has 1 aliphatic rings. The van der Waals surface area contributed by atoms with Gasteiger partial charge in [-0.3, -0.25) is 10.1 Å². The maximum Gasteiger partial charge on any atom is 0.238 e. The summed E-state index contributed by atoms with van der Waals surface area (Å²) in [6.45, 7) is 9.19. The lowest BCUT2D eigenvalue weighted by atomic mass is 10.1. The van der Waals surface area contributed by atoms with Crippen LogP contribution in [0.25, 0.3) is 0 Å². The molecule has 1 amide bonds. The Morgan fingerprint density at radius 3 is 2.67 bits per heavy atom. The summed E-state index contributed by atoms with van der Waals surface area (Å²) in [6, 6.07) is 6.68. The molecule has 5 heteroatoms. The average molecular weight is 293 g/mol. The highest BCUT2D eigenvalue weighted by molar-refractivity contribution is 5.81. The van der Waals surface area contributed by atoms with Crippen molar-refractivity contribution < 1.29 is 9.18 Å². The molecule has 2 unspecified atom stereocenters. The molecule has 1 aliphatic heterocycles. The Labute approximate surface area is 125 Å². The zero-order valence-electron chi connectivity index (χ0n) is 13.0. The van der Waals surface area contributed by atoms with Crippen molar-refractivity contribution in [1.82, 2.24) is 15.1 Å². The summed E-state index contributed by atoms with van der Waals surface area (Å²) in [5, 5.41) is 3.12. The van der Waals surface area contributed by atoms with Crippen molar-refractivity contribution in [3.8, 4) is 0 Å². The van der Waals surface area contributed by atoms with Crippen LogP contribution in [0.5, 0.6) is 0 Å². The highest BCUT2D eigenvalue weighted by Gasteiger charge is 2.36. The number of benzene rings is 1. The number of nitrogens with zero attached hydrogens (tertiary/aromatic N) is 2. The third-order valence-electron chi connectivity index (χ3n) is 4.10. The van der Waals surface area contributed by atoms with E-state index in [9.17, 15) is 9.18 Å². The maximum atomic E-state index is 14.0. The van der Waals surface area contributed by atoms with E-state index in [2.05, 4.69) is 24.1 Å². The fraction of sp³-hybridized carbons (Fsp3) is 0.562. The van der Waals surface area contributed by atoms with E-state index in [0.717, 1.165) is 19.6 Å². The molecule has 1 saturated heterocycles. The van der Waals surface area contributed by atoms with Crippen LogP contribution in [-0.2, 0) is 4.79 Å². The Morgan fingerprint density at radius 2 is 2.05 bits per heavy atom. The number of likely N-dealkylation sites (N-methyl/N-ethyl adjacent to an activating group) is 1. The van der Waals surface area contributed by atoms with Crippen molar-refractivity contribution in [3.63, 3.8) is 0 Å². The molecule has 1 fully saturated rings. The van der Waals surface area contributed by atoms with E-state index in [0.29, 0.717) is 5.56 Å². The number of nitrogens with one attached hydrogen (secondary N) is 1. The highest BCUT2D eigenvalue weighted by atomic mass is 19.1. The first-order valence-electron chi connectivity index (χ1n) is 7.59. The molecule has 2 rings (SSSR count). The lowest BCUT2D eigenvalue weighted by Crippen LogP contribution is -2.45. The van der Waals surface area contributed by atoms with Crippen LogP contribution in [0.4, 0.5) is 4.39 Å². The van der Waals surface area contributed by atoms with Gasteiger partial charge in [-0.15, -0.1) is 0 Å². The fourth-order valence-electron chi connectivity index (χ4n) is 2.92. The number of rotatable bonds is 6. The molecule has 1 aromatic rings. The predicted molar refractivity (Wildman–Crippen MR) is 81.2 cm³/mol. The normalized spacial score (nSPS) is 20.3. The van der Waals surface area contributed by atoms with Gasteiger partial charge < -0.3 is 9.80 Å². The summed E-state index contributed by atoms with van der Waals surface area (Å²) in [7, 11) is 0. The first-order chi connectivity index (χ1) is 10.1. The van der Waals surface area contributed by atoms with Crippen LogP contribution in [0.1, 0.15) is 32.5 Å². The molecule has 21 heavy (non-hydrogen) atoms. The van der Waals surface area contributed by atoms with Crippen molar-refractivity contribution in [2.45, 2.75) is 33.0 Å². The Morgan fingerprint density at radius 1 is 1.38 bits per heavy atom. The molecule has 4 nitrogen and oxygen atoms in total. The summed E-state index contributed by atoms with van der Waals surface area (Å²) >= 11 is 0. The third-order valence-corrected chi connectivity index (χ3v) is 4.10. The molecule has 1 heterocycles. The van der Waals surface area contributed by atoms with Gasteiger partial charge in [0.2, 0.25) is 5.91 Å². The molecule has 1 aromatic carbocycles. The van der Waals surface area contributed by atoms with Crippen LogP contribution in [-0.4, -0.2) is 47.9 Å². The fourth-order valence-corrected chi connectivity index (χ4v) is 2.92. The van der Waals surface area contributed by atoms with E-state index in [1.165, 1.54) is 6.07 Å². The van der Waals surface area contributed by atoms with E-state index >= 15 is 0 Å². The minimum absolute atomic E-state index is 0.0305. The second-order valence-electron chi connectivity index (χ2n) is 5.44. The predicted octanol–water partition coefficient (Wildman–Crippen LogP) is 1.99. The molecule has 0 spiro atoms. The van der Waals surface area contributed by atoms with E-state index in [1.54, 1.807) is 23.1 Å². The van der Waals surface area contributed by atoms with Crippen LogP contribution in [0.2, 0.25) is 0 Å². The summed E-state index contributed by atoms with van der Waals surface area (Å²) in [4.78, 5) is 16.2. The number of hydrogen-bond donors (Lipinski definition) is 1. The van der Waals surface area contributed by atoms with E-state index < -0.39 is 0 Å². The number of amides is 1. The first kappa shape index (κ1) is 15.9. The smallest absolute Gasteiger partial charge is 0.238 e. The highest BCUT2D eigenvalue weighted by Crippen LogP contribution is 2.26. The molecule has 0 aliphatic carbocycles. The first-order valence-corrected chi connectivity index (χ1v) is 7.59. The second-order valence-corrected chi connectivity index (χ2v) is 5.44. The van der Waals surface area contributed by atoms with Gasteiger partial charge in [-0.05, 0) is 26.1 Å². The van der Waals surface area contributed by atoms with Gasteiger partial charge in [0, 0.05) is 18.2 Å². The molecular weight excluding hydrogens is 269 g/mol. The number of hydrogen-bond acceptors (Lipinski definition) is 3. The summed E-state index contributed by atoms with van der Waals surface area (Å²) in [5.41, 5.74) is 0.537. The van der Waals surface area contributed by atoms with Crippen molar-refractivity contribution in [1.29, 1.82) is 0 Å². The van der Waals surface area contributed by atoms with Crippen LogP contribution in [0.3, 0.4) is 0 Å². The van der Waals surface area contributed by atoms with Crippen molar-refractivity contribution in [2.24, 2.45) is 0 Å². The lowest BCUT2D eigenvalue weighted by molar-refractivity contribution is -0.130. The van der Waals surface area contributed by atoms with Crippen molar-refractivity contribution in [3.05, 3.63) is 35.6 Å². The van der Waals surface area contributed by atoms with Gasteiger partial charge in [-0.25, -0.2) is 4.39 Å². The van der Waals surface area contributed by atoms with E-state index in [4.69, 9.17) is 0 Å². The average Bonchev–Trinajstić information content (AvgIpc) is 2.86. The van der Waals surface area contributed by atoms with Gasteiger partial charge in [0.05, 0.1) is 6.54 Å². The zero-order valence-corrected chi connectivity index (χ0v) is 13.0. The second kappa shape index (κ2) is 7.00. The SMILES string of the molecule is CCN(CC)CC(C)N1C(=O)CNC1c1ccccc1F. The van der Waals surface area contributed by atoms with Crippen molar-refractivity contribution >= 4 is 5.91 Å². The number of carbonyl (C=O) groups is 1. The number of halogens is 1. The molecular formula is C16H24FN3O. The van der Waals surface area contributed by atoms with Crippen LogP contribution < -0.4 is 5.32 Å². The Bertz CT molecular complexity index is 490. The van der Waals surface area contributed by atoms with Crippen LogP contribution in [0.15, 0.2) is 24.3 Å². The molecule has 116 valence electrons. The van der Waals surface area contributed by atoms with Gasteiger partial charge in [0.25, 0.3) is 0 Å². The summed E-state index contributed by atoms with van der Waals surface area (Å²) in [6.07, 6.45) is -0.371. The maximum absolute atomic E-state index is 14.0.